The molecule has 0 unspecified atom stereocenters. The first-order valence-corrected chi connectivity index (χ1v) is 7.02. The number of nitrogens with zero attached hydrogens (tertiary/aromatic N) is 2. The van der Waals surface area contributed by atoms with Gasteiger partial charge >= 0.3 is 0 Å². The quantitative estimate of drug-likeness (QED) is 0.826. The highest BCUT2D eigenvalue weighted by Crippen LogP contribution is 2.05. The van der Waals surface area contributed by atoms with Gasteiger partial charge in [0.2, 0.25) is 0 Å². The Kier molecular flexibility index (Phi) is 5.16. The van der Waals surface area contributed by atoms with Crippen molar-refractivity contribution in [2.75, 3.05) is 0 Å². The third kappa shape index (κ3) is 4.87. The maximum atomic E-state index is 4.40. The summed E-state index contributed by atoms with van der Waals surface area (Å²) in [6, 6.07) is 11.1. The minimum Gasteiger partial charge on any atom is -0.310 e. The van der Waals surface area contributed by atoms with Crippen LogP contribution < -0.4 is 5.32 Å². The standard InChI is InChI=1S/C16H23N3/c1-14(2)17-11-16-12-18-19(13-16)10-6-9-15-7-4-3-5-8-15/h3-5,7-8,12-14,17H,6,9-11H2,1-2H3. The molecule has 0 bridgehead atoms. The third-order valence-electron chi connectivity index (χ3n) is 3.10. The van der Waals surface area contributed by atoms with Gasteiger partial charge in [0.1, 0.15) is 0 Å². The Morgan fingerprint density at radius 3 is 2.68 bits per heavy atom. The molecule has 102 valence electrons. The van der Waals surface area contributed by atoms with Crippen LogP contribution in [-0.4, -0.2) is 15.8 Å². The van der Waals surface area contributed by atoms with E-state index < -0.39 is 0 Å². The lowest BCUT2D eigenvalue weighted by Gasteiger charge is -2.05. The average molecular weight is 257 g/mol. The van der Waals surface area contributed by atoms with Gasteiger partial charge in [0, 0.05) is 30.9 Å². The SMILES string of the molecule is CC(C)NCc1cnn(CCCc2ccccc2)c1. The fourth-order valence-electron chi connectivity index (χ4n) is 2.03. The van der Waals surface area contributed by atoms with Crippen molar-refractivity contribution < 1.29 is 0 Å². The van der Waals surface area contributed by atoms with Gasteiger partial charge in [-0.05, 0) is 18.4 Å². The van der Waals surface area contributed by atoms with Crippen molar-refractivity contribution in [3.8, 4) is 0 Å². The summed E-state index contributed by atoms with van der Waals surface area (Å²) in [6.07, 6.45) is 6.33. The van der Waals surface area contributed by atoms with Crippen LogP contribution in [0.3, 0.4) is 0 Å². The molecule has 3 heteroatoms. The monoisotopic (exact) mass is 257 g/mol. The Balaban J connectivity index is 1.74. The fourth-order valence-corrected chi connectivity index (χ4v) is 2.03. The van der Waals surface area contributed by atoms with Crippen LogP contribution in [0.2, 0.25) is 0 Å². The second-order valence-electron chi connectivity index (χ2n) is 5.24. The minimum atomic E-state index is 0.515. The van der Waals surface area contributed by atoms with Gasteiger partial charge in [0.05, 0.1) is 6.20 Å². The zero-order valence-corrected chi connectivity index (χ0v) is 11.8. The predicted molar refractivity (Wildman–Crippen MR) is 79.0 cm³/mol. The number of rotatable bonds is 7. The second-order valence-corrected chi connectivity index (χ2v) is 5.24. The lowest BCUT2D eigenvalue weighted by molar-refractivity contribution is 0.573. The summed E-state index contributed by atoms with van der Waals surface area (Å²) in [5.74, 6) is 0. The summed E-state index contributed by atoms with van der Waals surface area (Å²) < 4.78 is 2.04. The molecule has 19 heavy (non-hydrogen) atoms. The Morgan fingerprint density at radius 1 is 1.16 bits per heavy atom. The summed E-state index contributed by atoms with van der Waals surface area (Å²) in [4.78, 5) is 0. The number of nitrogens with one attached hydrogen (secondary N) is 1. The summed E-state index contributed by atoms with van der Waals surface area (Å²) in [6.45, 7) is 6.20. The van der Waals surface area contributed by atoms with Gasteiger partial charge in [-0.3, -0.25) is 4.68 Å². The van der Waals surface area contributed by atoms with E-state index in [0.717, 1.165) is 25.9 Å². The summed E-state index contributed by atoms with van der Waals surface area (Å²) >= 11 is 0. The molecule has 0 aliphatic carbocycles. The van der Waals surface area contributed by atoms with E-state index in [1.165, 1.54) is 11.1 Å². The van der Waals surface area contributed by atoms with Gasteiger partial charge in [-0.2, -0.15) is 5.10 Å². The molecule has 0 amide bonds. The summed E-state index contributed by atoms with van der Waals surface area (Å²) in [5.41, 5.74) is 2.66. The van der Waals surface area contributed by atoms with Crippen LogP contribution in [0.5, 0.6) is 0 Å². The van der Waals surface area contributed by atoms with Gasteiger partial charge in [-0.15, -0.1) is 0 Å². The smallest absolute Gasteiger partial charge is 0.0534 e. The molecular weight excluding hydrogens is 234 g/mol. The number of aromatic nitrogens is 2. The van der Waals surface area contributed by atoms with Crippen molar-refractivity contribution in [1.29, 1.82) is 0 Å². The van der Waals surface area contributed by atoms with Crippen LogP contribution in [0.15, 0.2) is 42.7 Å². The lowest BCUT2D eigenvalue weighted by Crippen LogP contribution is -2.21. The predicted octanol–water partition coefficient (Wildman–Crippen LogP) is 3.01. The molecule has 0 saturated heterocycles. The Labute approximate surface area is 115 Å². The van der Waals surface area contributed by atoms with Crippen LogP contribution in [0.4, 0.5) is 0 Å². The molecule has 1 aromatic carbocycles. The van der Waals surface area contributed by atoms with Gasteiger partial charge in [0.15, 0.2) is 0 Å². The molecule has 0 fully saturated rings. The third-order valence-corrected chi connectivity index (χ3v) is 3.10. The second kappa shape index (κ2) is 7.10. The normalized spacial score (nSPS) is 11.1. The lowest BCUT2D eigenvalue weighted by atomic mass is 10.1. The van der Waals surface area contributed by atoms with Crippen molar-refractivity contribution in [2.24, 2.45) is 0 Å². The first-order chi connectivity index (χ1) is 9.24. The molecule has 0 radical (unpaired) electrons. The van der Waals surface area contributed by atoms with Gasteiger partial charge < -0.3 is 5.32 Å². The fraction of sp³-hybridized carbons (Fsp3) is 0.438. The summed E-state index contributed by atoms with van der Waals surface area (Å²) in [7, 11) is 0. The van der Waals surface area contributed by atoms with Crippen LogP contribution in [0.1, 0.15) is 31.4 Å². The minimum absolute atomic E-state index is 0.515. The van der Waals surface area contributed by atoms with Gasteiger partial charge in [0.25, 0.3) is 0 Å². The Hall–Kier alpha value is -1.61. The highest BCUT2D eigenvalue weighted by atomic mass is 15.3. The molecule has 1 heterocycles. The first kappa shape index (κ1) is 13.8. The highest BCUT2D eigenvalue weighted by Gasteiger charge is 2.00. The molecule has 3 nitrogen and oxygen atoms in total. The molecule has 0 aliphatic rings. The van der Waals surface area contributed by atoms with E-state index in [4.69, 9.17) is 0 Å². The summed E-state index contributed by atoms with van der Waals surface area (Å²) in [5, 5.41) is 7.81. The number of hydrogen-bond acceptors (Lipinski definition) is 2. The van der Waals surface area contributed by atoms with Crippen molar-refractivity contribution in [2.45, 2.75) is 45.8 Å². The molecule has 0 saturated carbocycles. The molecular formula is C16H23N3. The average Bonchev–Trinajstić information content (AvgIpc) is 2.86. The van der Waals surface area contributed by atoms with E-state index in [1.807, 2.05) is 10.9 Å². The number of aryl methyl sites for hydroxylation is 2. The van der Waals surface area contributed by atoms with E-state index in [0.29, 0.717) is 6.04 Å². The van der Waals surface area contributed by atoms with Crippen LogP contribution in [0, 0.1) is 0 Å². The maximum Gasteiger partial charge on any atom is 0.0534 e. The van der Waals surface area contributed by atoms with Crippen molar-refractivity contribution in [3.63, 3.8) is 0 Å². The maximum absolute atomic E-state index is 4.40. The molecule has 0 atom stereocenters. The van der Waals surface area contributed by atoms with Crippen molar-refractivity contribution >= 4 is 0 Å². The molecule has 0 spiro atoms. The van der Waals surface area contributed by atoms with Crippen molar-refractivity contribution in [3.05, 3.63) is 53.9 Å². The van der Waals surface area contributed by atoms with Gasteiger partial charge in [-0.25, -0.2) is 0 Å². The molecule has 1 aromatic heterocycles. The van der Waals surface area contributed by atoms with E-state index >= 15 is 0 Å². The largest absolute Gasteiger partial charge is 0.310 e. The molecule has 0 aliphatic heterocycles. The van der Waals surface area contributed by atoms with Gasteiger partial charge in [-0.1, -0.05) is 44.2 Å². The highest BCUT2D eigenvalue weighted by molar-refractivity contribution is 5.14. The number of benzene rings is 1. The van der Waals surface area contributed by atoms with Crippen LogP contribution in [0.25, 0.3) is 0 Å². The number of hydrogen-bond donors (Lipinski definition) is 1. The van der Waals surface area contributed by atoms with Crippen LogP contribution >= 0.6 is 0 Å². The zero-order chi connectivity index (χ0) is 13.5. The van der Waals surface area contributed by atoms with Crippen molar-refractivity contribution in [1.82, 2.24) is 15.1 Å². The zero-order valence-electron chi connectivity index (χ0n) is 11.8. The molecule has 2 rings (SSSR count). The Bertz CT molecular complexity index is 474. The van der Waals surface area contributed by atoms with E-state index in [1.54, 1.807) is 0 Å². The van der Waals surface area contributed by atoms with E-state index in [2.05, 4.69) is 60.8 Å². The first-order valence-electron chi connectivity index (χ1n) is 7.02. The topological polar surface area (TPSA) is 29.9 Å². The van der Waals surface area contributed by atoms with Crippen LogP contribution in [-0.2, 0) is 19.5 Å². The molecule has 1 N–H and O–H groups in total. The molecule has 2 aromatic rings. The van der Waals surface area contributed by atoms with E-state index in [-0.39, 0.29) is 0 Å². The van der Waals surface area contributed by atoms with E-state index in [9.17, 15) is 0 Å². The Morgan fingerprint density at radius 2 is 1.95 bits per heavy atom.